The van der Waals surface area contributed by atoms with E-state index in [1.807, 2.05) is 0 Å². The fourth-order valence-corrected chi connectivity index (χ4v) is 2.06. The summed E-state index contributed by atoms with van der Waals surface area (Å²) in [6.07, 6.45) is -0.711. The van der Waals surface area contributed by atoms with Crippen molar-refractivity contribution in [2.45, 2.75) is 19.4 Å². The summed E-state index contributed by atoms with van der Waals surface area (Å²) in [6, 6.07) is 6.23. The number of alkyl halides is 2. The number of hydrogen-bond acceptors (Lipinski definition) is 3. The summed E-state index contributed by atoms with van der Waals surface area (Å²) in [7, 11) is -3.14. The Morgan fingerprint density at radius 3 is 2.63 bits per heavy atom. The van der Waals surface area contributed by atoms with Crippen molar-refractivity contribution < 1.29 is 17.2 Å². The average molecular weight is 292 g/mol. The van der Waals surface area contributed by atoms with E-state index in [4.69, 9.17) is 0 Å². The lowest BCUT2D eigenvalue weighted by atomic mass is 10.1. The van der Waals surface area contributed by atoms with Crippen LogP contribution in [-0.4, -0.2) is 27.8 Å². The smallest absolute Gasteiger partial charge is 0.263 e. The maximum absolute atomic E-state index is 12.5. The van der Waals surface area contributed by atoms with Gasteiger partial charge in [0.2, 0.25) is 10.0 Å². The maximum Gasteiger partial charge on any atom is 0.263 e. The molecule has 0 heterocycles. The lowest BCUT2D eigenvalue weighted by Gasteiger charge is -2.07. The molecule has 0 bridgehead atoms. The molecule has 0 aromatic heterocycles. The van der Waals surface area contributed by atoms with Crippen LogP contribution in [-0.2, 0) is 16.6 Å². The molecular formula is C12H18F2N2O2S. The summed E-state index contributed by atoms with van der Waals surface area (Å²) in [5, 5.41) is 3.07. The highest BCUT2D eigenvalue weighted by Gasteiger charge is 2.06. The third-order valence-electron chi connectivity index (χ3n) is 2.43. The molecular weight excluding hydrogens is 274 g/mol. The van der Waals surface area contributed by atoms with Gasteiger partial charge in [-0.15, -0.1) is 0 Å². The molecule has 0 aliphatic carbocycles. The van der Waals surface area contributed by atoms with Gasteiger partial charge in [0, 0.05) is 18.7 Å². The molecule has 7 heteroatoms. The molecule has 0 aliphatic rings. The largest absolute Gasteiger partial charge is 0.313 e. The van der Waals surface area contributed by atoms with Gasteiger partial charge in [-0.25, -0.2) is 21.9 Å². The maximum atomic E-state index is 12.5. The van der Waals surface area contributed by atoms with Gasteiger partial charge < -0.3 is 5.32 Å². The van der Waals surface area contributed by atoms with E-state index < -0.39 is 16.4 Å². The zero-order valence-corrected chi connectivity index (χ0v) is 11.5. The van der Waals surface area contributed by atoms with Crippen molar-refractivity contribution in [2.75, 3.05) is 19.3 Å². The van der Waals surface area contributed by atoms with Gasteiger partial charge in [-0.05, 0) is 24.6 Å². The summed E-state index contributed by atoms with van der Waals surface area (Å²) in [6.45, 7) is 1.46. The lowest BCUT2D eigenvalue weighted by molar-refractivity contribution is 0.151. The molecule has 0 fully saturated rings. The van der Waals surface area contributed by atoms with Gasteiger partial charge >= 0.3 is 0 Å². The number of rotatable bonds is 8. The van der Waals surface area contributed by atoms with Gasteiger partial charge in [-0.2, -0.15) is 0 Å². The monoisotopic (exact) mass is 292 g/mol. The Bertz CT molecular complexity index is 492. The second kappa shape index (κ2) is 7.52. The average Bonchev–Trinajstić information content (AvgIpc) is 2.32. The molecule has 108 valence electrons. The van der Waals surface area contributed by atoms with Gasteiger partial charge in [0.15, 0.2) is 0 Å². The lowest BCUT2D eigenvalue weighted by Crippen LogP contribution is -2.26. The van der Waals surface area contributed by atoms with E-state index in [2.05, 4.69) is 10.0 Å². The van der Waals surface area contributed by atoms with Gasteiger partial charge in [0.05, 0.1) is 6.26 Å². The van der Waals surface area contributed by atoms with Crippen LogP contribution in [0, 0.1) is 0 Å². The summed E-state index contributed by atoms with van der Waals surface area (Å²) < 4.78 is 48.9. The fraction of sp³-hybridized carbons (Fsp3) is 0.500. The Hall–Kier alpha value is -1.05. The second-order valence-corrected chi connectivity index (χ2v) is 6.08. The Labute approximate surface area is 112 Å². The highest BCUT2D eigenvalue weighted by molar-refractivity contribution is 7.88. The van der Waals surface area contributed by atoms with Crippen LogP contribution < -0.4 is 10.0 Å². The highest BCUT2D eigenvalue weighted by atomic mass is 32.2. The van der Waals surface area contributed by atoms with Crippen molar-refractivity contribution in [3.63, 3.8) is 0 Å². The molecule has 0 aliphatic heterocycles. The van der Waals surface area contributed by atoms with Crippen molar-refractivity contribution in [2.24, 2.45) is 0 Å². The predicted molar refractivity (Wildman–Crippen MR) is 70.6 cm³/mol. The first-order valence-corrected chi connectivity index (χ1v) is 7.80. The first-order chi connectivity index (χ1) is 8.88. The number of nitrogens with one attached hydrogen (secondary N) is 2. The van der Waals surface area contributed by atoms with Crippen LogP contribution in [0.4, 0.5) is 8.78 Å². The third-order valence-corrected chi connectivity index (χ3v) is 3.16. The molecule has 0 spiro atoms. The van der Waals surface area contributed by atoms with E-state index >= 15 is 0 Å². The van der Waals surface area contributed by atoms with Gasteiger partial charge in [0.1, 0.15) is 0 Å². The molecule has 1 aromatic rings. The van der Waals surface area contributed by atoms with Crippen molar-refractivity contribution in [1.29, 1.82) is 0 Å². The minimum atomic E-state index is -3.14. The van der Waals surface area contributed by atoms with Crippen molar-refractivity contribution in [3.8, 4) is 0 Å². The van der Waals surface area contributed by atoms with E-state index in [1.54, 1.807) is 12.1 Å². The quantitative estimate of drug-likeness (QED) is 0.716. The third kappa shape index (κ3) is 7.19. The summed E-state index contributed by atoms with van der Waals surface area (Å²) in [4.78, 5) is 0. The molecule has 19 heavy (non-hydrogen) atoms. The topological polar surface area (TPSA) is 58.2 Å². The minimum Gasteiger partial charge on any atom is -0.313 e. The first-order valence-electron chi connectivity index (χ1n) is 5.91. The Morgan fingerprint density at radius 2 is 2.00 bits per heavy atom. The normalized spacial score (nSPS) is 12.0. The van der Waals surface area contributed by atoms with E-state index in [9.17, 15) is 17.2 Å². The molecule has 1 rings (SSSR count). The zero-order chi connectivity index (χ0) is 14.3. The van der Waals surface area contributed by atoms with Crippen LogP contribution in [0.3, 0.4) is 0 Å². The molecule has 1 aromatic carbocycles. The van der Waals surface area contributed by atoms with Crippen LogP contribution in [0.1, 0.15) is 24.0 Å². The van der Waals surface area contributed by atoms with Crippen LogP contribution >= 0.6 is 0 Å². The molecule has 0 amide bonds. The van der Waals surface area contributed by atoms with E-state index in [0.29, 0.717) is 26.1 Å². The molecule has 0 saturated heterocycles. The van der Waals surface area contributed by atoms with Crippen LogP contribution in [0.15, 0.2) is 24.3 Å². The summed E-state index contributed by atoms with van der Waals surface area (Å²) in [5.74, 6) is 0. The van der Waals surface area contributed by atoms with Crippen molar-refractivity contribution in [3.05, 3.63) is 35.4 Å². The number of halogens is 2. The van der Waals surface area contributed by atoms with Gasteiger partial charge in [-0.3, -0.25) is 0 Å². The van der Waals surface area contributed by atoms with Crippen molar-refractivity contribution in [1.82, 2.24) is 10.0 Å². The number of benzene rings is 1. The fourth-order valence-electron chi connectivity index (χ4n) is 1.54. The first kappa shape index (κ1) is 16.0. The Balaban J connectivity index is 2.24. The highest BCUT2D eigenvalue weighted by Crippen LogP contribution is 2.19. The summed E-state index contributed by atoms with van der Waals surface area (Å²) >= 11 is 0. The second-order valence-electron chi connectivity index (χ2n) is 4.24. The molecule has 0 radical (unpaired) electrons. The van der Waals surface area contributed by atoms with E-state index in [0.717, 1.165) is 11.8 Å². The van der Waals surface area contributed by atoms with Gasteiger partial charge in [-0.1, -0.05) is 18.2 Å². The number of hydrogen-bond donors (Lipinski definition) is 2. The SMILES string of the molecule is CS(=O)(=O)NCCCNCc1cccc(C(F)F)c1. The summed E-state index contributed by atoms with van der Waals surface area (Å²) in [5.41, 5.74) is 0.798. The van der Waals surface area contributed by atoms with Crippen LogP contribution in [0.5, 0.6) is 0 Å². The minimum absolute atomic E-state index is 0.0121. The van der Waals surface area contributed by atoms with E-state index in [1.165, 1.54) is 12.1 Å². The van der Waals surface area contributed by atoms with Gasteiger partial charge in [0.25, 0.3) is 6.43 Å². The zero-order valence-electron chi connectivity index (χ0n) is 10.7. The van der Waals surface area contributed by atoms with Crippen molar-refractivity contribution >= 4 is 10.0 Å². The molecule has 0 atom stereocenters. The van der Waals surface area contributed by atoms with Crippen LogP contribution in [0.2, 0.25) is 0 Å². The standard InChI is InChI=1S/C12H18F2N2O2S/c1-19(17,18)16-7-3-6-15-9-10-4-2-5-11(8-10)12(13)14/h2,4-5,8,12,15-16H,3,6-7,9H2,1H3. The molecule has 2 N–H and O–H groups in total. The number of sulfonamides is 1. The predicted octanol–water partition coefficient (Wildman–Crippen LogP) is 1.65. The Kier molecular flexibility index (Phi) is 6.33. The van der Waals surface area contributed by atoms with Crippen LogP contribution in [0.25, 0.3) is 0 Å². The van der Waals surface area contributed by atoms with E-state index in [-0.39, 0.29) is 5.56 Å². The molecule has 0 saturated carbocycles. The Morgan fingerprint density at radius 1 is 1.26 bits per heavy atom. The molecule has 4 nitrogen and oxygen atoms in total. The molecule has 0 unspecified atom stereocenters.